The lowest BCUT2D eigenvalue weighted by atomic mass is 9.73. The van der Waals surface area contributed by atoms with E-state index < -0.39 is 0 Å². The van der Waals surface area contributed by atoms with Gasteiger partial charge in [-0.1, -0.05) is 0 Å². The molecular formula is C13H26N2O. The number of hydrogen-bond donors (Lipinski definition) is 1. The molecule has 0 saturated carbocycles. The van der Waals surface area contributed by atoms with Crippen molar-refractivity contribution < 1.29 is 4.74 Å². The van der Waals surface area contributed by atoms with Crippen LogP contribution in [0.2, 0.25) is 0 Å². The van der Waals surface area contributed by atoms with Crippen LogP contribution >= 0.6 is 0 Å². The molecule has 1 N–H and O–H groups in total. The number of rotatable bonds is 5. The number of hydrogen-bond acceptors (Lipinski definition) is 3. The number of piperidine rings is 1. The van der Waals surface area contributed by atoms with Crippen molar-refractivity contribution in [2.45, 2.75) is 39.2 Å². The highest BCUT2D eigenvalue weighted by Gasteiger charge is 2.39. The molecule has 0 atom stereocenters. The SMILES string of the molecule is CC(C)OCCCN1CCC2(CC1)CNC2. The van der Waals surface area contributed by atoms with Crippen molar-refractivity contribution in [1.29, 1.82) is 0 Å². The Kier molecular flexibility index (Phi) is 4.22. The summed E-state index contributed by atoms with van der Waals surface area (Å²) < 4.78 is 5.57. The van der Waals surface area contributed by atoms with Crippen LogP contribution in [0.1, 0.15) is 33.1 Å². The zero-order chi connectivity index (χ0) is 11.4. The third kappa shape index (κ3) is 3.19. The third-order valence-electron chi connectivity index (χ3n) is 3.99. The van der Waals surface area contributed by atoms with Crippen molar-refractivity contribution in [1.82, 2.24) is 10.2 Å². The first kappa shape index (κ1) is 12.3. The van der Waals surface area contributed by atoms with Crippen LogP contribution in [0, 0.1) is 5.41 Å². The van der Waals surface area contributed by atoms with Crippen LogP contribution in [0.15, 0.2) is 0 Å². The van der Waals surface area contributed by atoms with Crippen molar-refractivity contribution in [2.75, 3.05) is 39.3 Å². The maximum Gasteiger partial charge on any atom is 0.0518 e. The van der Waals surface area contributed by atoms with E-state index in [4.69, 9.17) is 4.74 Å². The minimum Gasteiger partial charge on any atom is -0.379 e. The molecule has 2 aliphatic heterocycles. The summed E-state index contributed by atoms with van der Waals surface area (Å²) in [4.78, 5) is 2.60. The number of nitrogens with one attached hydrogen (secondary N) is 1. The van der Waals surface area contributed by atoms with Gasteiger partial charge in [-0.3, -0.25) is 0 Å². The second-order valence-corrected chi connectivity index (χ2v) is 5.72. The molecule has 2 heterocycles. The van der Waals surface area contributed by atoms with E-state index in [1.807, 2.05) is 0 Å². The van der Waals surface area contributed by atoms with Gasteiger partial charge in [0.05, 0.1) is 6.10 Å². The first-order chi connectivity index (χ1) is 7.70. The van der Waals surface area contributed by atoms with E-state index in [9.17, 15) is 0 Å². The lowest BCUT2D eigenvalue weighted by molar-refractivity contribution is 0.0404. The molecule has 2 aliphatic rings. The summed E-state index contributed by atoms with van der Waals surface area (Å²) in [5, 5.41) is 3.41. The molecule has 0 unspecified atom stereocenters. The highest BCUT2D eigenvalue weighted by Crippen LogP contribution is 2.34. The summed E-state index contributed by atoms with van der Waals surface area (Å²) in [6.07, 6.45) is 4.35. The van der Waals surface area contributed by atoms with E-state index in [1.165, 1.54) is 52.0 Å². The molecule has 0 aromatic heterocycles. The fourth-order valence-corrected chi connectivity index (χ4v) is 2.69. The molecule has 0 bridgehead atoms. The molecule has 0 aromatic rings. The van der Waals surface area contributed by atoms with E-state index in [0.29, 0.717) is 11.5 Å². The molecule has 0 aromatic carbocycles. The van der Waals surface area contributed by atoms with Crippen LogP contribution in [-0.2, 0) is 4.74 Å². The molecule has 3 nitrogen and oxygen atoms in total. The zero-order valence-corrected chi connectivity index (χ0v) is 10.8. The number of nitrogens with zero attached hydrogens (tertiary/aromatic N) is 1. The molecule has 94 valence electrons. The first-order valence-electron chi connectivity index (χ1n) is 6.75. The molecule has 0 radical (unpaired) electrons. The average Bonchev–Trinajstić information content (AvgIpc) is 2.23. The normalized spacial score (nSPS) is 24.9. The summed E-state index contributed by atoms with van der Waals surface area (Å²) in [6, 6.07) is 0. The van der Waals surface area contributed by atoms with Crippen molar-refractivity contribution in [3.63, 3.8) is 0 Å². The van der Waals surface area contributed by atoms with Crippen molar-refractivity contribution in [3.05, 3.63) is 0 Å². The quantitative estimate of drug-likeness (QED) is 0.719. The van der Waals surface area contributed by atoms with Gasteiger partial charge in [-0.25, -0.2) is 0 Å². The highest BCUT2D eigenvalue weighted by atomic mass is 16.5. The molecule has 0 aliphatic carbocycles. The van der Waals surface area contributed by atoms with Gasteiger partial charge in [-0.15, -0.1) is 0 Å². The van der Waals surface area contributed by atoms with Crippen molar-refractivity contribution in [2.24, 2.45) is 5.41 Å². The lowest BCUT2D eigenvalue weighted by Gasteiger charge is -2.48. The zero-order valence-electron chi connectivity index (χ0n) is 10.8. The number of ether oxygens (including phenoxy) is 1. The fraction of sp³-hybridized carbons (Fsp3) is 1.00. The van der Waals surface area contributed by atoms with E-state index in [0.717, 1.165) is 6.61 Å². The second-order valence-electron chi connectivity index (χ2n) is 5.72. The average molecular weight is 226 g/mol. The minimum absolute atomic E-state index is 0.380. The second kappa shape index (κ2) is 5.48. The van der Waals surface area contributed by atoms with E-state index in [1.54, 1.807) is 0 Å². The molecule has 3 heteroatoms. The van der Waals surface area contributed by atoms with E-state index in [2.05, 4.69) is 24.1 Å². The Morgan fingerprint density at radius 2 is 1.94 bits per heavy atom. The van der Waals surface area contributed by atoms with Crippen LogP contribution in [0.5, 0.6) is 0 Å². The largest absolute Gasteiger partial charge is 0.379 e. The van der Waals surface area contributed by atoms with E-state index >= 15 is 0 Å². The molecule has 2 rings (SSSR count). The molecular weight excluding hydrogens is 200 g/mol. The molecule has 2 saturated heterocycles. The standard InChI is InChI=1S/C13H26N2O/c1-12(2)16-9-3-6-15-7-4-13(5-8-15)10-14-11-13/h12,14H,3-11H2,1-2H3. The fourth-order valence-electron chi connectivity index (χ4n) is 2.69. The predicted molar refractivity (Wildman–Crippen MR) is 66.7 cm³/mol. The van der Waals surface area contributed by atoms with Crippen LogP contribution in [0.4, 0.5) is 0 Å². The Morgan fingerprint density at radius 1 is 1.25 bits per heavy atom. The Balaban J connectivity index is 1.55. The molecule has 16 heavy (non-hydrogen) atoms. The van der Waals surface area contributed by atoms with Gasteiger partial charge < -0.3 is 15.0 Å². The Bertz CT molecular complexity index is 204. The van der Waals surface area contributed by atoms with Crippen molar-refractivity contribution >= 4 is 0 Å². The predicted octanol–water partition coefficient (Wildman–Crippen LogP) is 1.49. The van der Waals surface area contributed by atoms with Gasteiger partial charge >= 0.3 is 0 Å². The molecule has 1 spiro atoms. The Morgan fingerprint density at radius 3 is 2.44 bits per heavy atom. The van der Waals surface area contributed by atoms with Gasteiger partial charge in [0.25, 0.3) is 0 Å². The van der Waals surface area contributed by atoms with E-state index in [-0.39, 0.29) is 0 Å². The van der Waals surface area contributed by atoms with Crippen LogP contribution in [0.3, 0.4) is 0 Å². The Labute approximate surface area is 99.5 Å². The maximum atomic E-state index is 5.57. The molecule has 2 fully saturated rings. The smallest absolute Gasteiger partial charge is 0.0518 e. The lowest BCUT2D eigenvalue weighted by Crippen LogP contribution is -2.58. The van der Waals surface area contributed by atoms with Crippen LogP contribution in [0.25, 0.3) is 0 Å². The molecule has 0 amide bonds. The third-order valence-corrected chi connectivity index (χ3v) is 3.99. The summed E-state index contributed by atoms with van der Waals surface area (Å²) in [7, 11) is 0. The minimum atomic E-state index is 0.380. The summed E-state index contributed by atoms with van der Waals surface area (Å²) >= 11 is 0. The van der Waals surface area contributed by atoms with Crippen LogP contribution in [-0.4, -0.2) is 50.3 Å². The van der Waals surface area contributed by atoms with Gasteiger partial charge in [-0.05, 0) is 51.6 Å². The van der Waals surface area contributed by atoms with Gasteiger partial charge in [0.15, 0.2) is 0 Å². The van der Waals surface area contributed by atoms with Gasteiger partial charge in [0.2, 0.25) is 0 Å². The van der Waals surface area contributed by atoms with Crippen LogP contribution < -0.4 is 5.32 Å². The van der Waals surface area contributed by atoms with Gasteiger partial charge in [0, 0.05) is 26.2 Å². The maximum absolute atomic E-state index is 5.57. The first-order valence-corrected chi connectivity index (χ1v) is 6.75. The summed E-state index contributed by atoms with van der Waals surface area (Å²) in [5.74, 6) is 0. The number of likely N-dealkylation sites (tertiary alicyclic amines) is 1. The van der Waals surface area contributed by atoms with Gasteiger partial charge in [0.1, 0.15) is 0 Å². The highest BCUT2D eigenvalue weighted by molar-refractivity contribution is 4.95. The van der Waals surface area contributed by atoms with Crippen molar-refractivity contribution in [3.8, 4) is 0 Å². The Hall–Kier alpha value is -0.120. The summed E-state index contributed by atoms with van der Waals surface area (Å²) in [6.45, 7) is 11.5. The topological polar surface area (TPSA) is 24.5 Å². The summed E-state index contributed by atoms with van der Waals surface area (Å²) in [5.41, 5.74) is 0.685. The van der Waals surface area contributed by atoms with Gasteiger partial charge in [-0.2, -0.15) is 0 Å². The monoisotopic (exact) mass is 226 g/mol.